The fourth-order valence-electron chi connectivity index (χ4n) is 4.07. The molecule has 1 aliphatic carbocycles. The molecule has 0 saturated carbocycles. The van der Waals surface area contributed by atoms with Crippen LogP contribution in [0.15, 0.2) is 30.6 Å². The zero-order chi connectivity index (χ0) is 20.8. The largest absolute Gasteiger partial charge is 0.350 e. The third kappa shape index (κ3) is 5.52. The van der Waals surface area contributed by atoms with E-state index in [-0.39, 0.29) is 12.6 Å². The van der Waals surface area contributed by atoms with Gasteiger partial charge < -0.3 is 5.73 Å². The minimum absolute atomic E-state index is 0.241. The number of urea groups is 1. The molecule has 29 heavy (non-hydrogen) atoms. The second-order valence-electron chi connectivity index (χ2n) is 7.87. The molecule has 2 heterocycles. The average Bonchev–Trinajstić information content (AvgIpc) is 2.71. The molecule has 0 bridgehead atoms. The maximum atomic E-state index is 11.0. The SMILES string of the molecule is Cc1cnc(CN(CCCCN(O)C(N)=O)C2CCCc3cccnc32)c(C)c1. The predicted molar refractivity (Wildman–Crippen MR) is 111 cm³/mol. The van der Waals surface area contributed by atoms with E-state index in [4.69, 9.17) is 10.7 Å². The zero-order valence-electron chi connectivity index (χ0n) is 17.3. The van der Waals surface area contributed by atoms with Crippen LogP contribution in [0.1, 0.15) is 59.8 Å². The summed E-state index contributed by atoms with van der Waals surface area (Å²) in [5, 5.41) is 10.1. The van der Waals surface area contributed by atoms with Crippen molar-refractivity contribution in [1.29, 1.82) is 0 Å². The highest BCUT2D eigenvalue weighted by molar-refractivity contribution is 5.70. The molecule has 0 aromatic carbocycles. The first-order valence-corrected chi connectivity index (χ1v) is 10.3. The van der Waals surface area contributed by atoms with Gasteiger partial charge in [0.25, 0.3) is 0 Å². The highest BCUT2D eigenvalue weighted by atomic mass is 16.5. The molecule has 0 radical (unpaired) electrons. The number of nitrogens with zero attached hydrogens (tertiary/aromatic N) is 4. The van der Waals surface area contributed by atoms with Crippen molar-refractivity contribution in [3.63, 3.8) is 0 Å². The van der Waals surface area contributed by atoms with Crippen molar-refractivity contribution < 1.29 is 10.0 Å². The Labute approximate surface area is 172 Å². The van der Waals surface area contributed by atoms with Gasteiger partial charge in [0.15, 0.2) is 0 Å². The molecule has 0 spiro atoms. The van der Waals surface area contributed by atoms with Crippen LogP contribution in [0.25, 0.3) is 0 Å². The number of hydrogen-bond donors (Lipinski definition) is 2. The lowest BCUT2D eigenvalue weighted by molar-refractivity contribution is -0.0408. The lowest BCUT2D eigenvalue weighted by Crippen LogP contribution is -2.35. The van der Waals surface area contributed by atoms with E-state index in [0.29, 0.717) is 11.5 Å². The fourth-order valence-corrected chi connectivity index (χ4v) is 4.07. The molecular formula is C22H31N5O2. The standard InChI is InChI=1S/C22H31N5O2/c1-16-13-17(2)19(25-14-16)15-26(11-3-4-12-27(29)22(23)28)20-9-5-7-18-8-6-10-24-21(18)20/h6,8,10,13-14,20,29H,3-5,7,9,11-12,15H2,1-2H3,(H2,23,28). The first-order valence-electron chi connectivity index (χ1n) is 10.3. The van der Waals surface area contributed by atoms with E-state index >= 15 is 0 Å². The van der Waals surface area contributed by atoms with Crippen LogP contribution >= 0.6 is 0 Å². The number of carbonyl (C=O) groups excluding carboxylic acids is 1. The van der Waals surface area contributed by atoms with Gasteiger partial charge >= 0.3 is 6.03 Å². The van der Waals surface area contributed by atoms with Gasteiger partial charge in [-0.3, -0.25) is 20.1 Å². The maximum absolute atomic E-state index is 11.0. The van der Waals surface area contributed by atoms with Gasteiger partial charge in [-0.15, -0.1) is 0 Å². The first kappa shape index (κ1) is 21.2. The number of fused-ring (bicyclic) bond motifs is 1. The quantitative estimate of drug-likeness (QED) is 0.404. The lowest BCUT2D eigenvalue weighted by Gasteiger charge is -2.35. The van der Waals surface area contributed by atoms with Crippen LogP contribution < -0.4 is 5.73 Å². The summed E-state index contributed by atoms with van der Waals surface area (Å²) in [5.74, 6) is 0. The Morgan fingerprint density at radius 2 is 2.07 bits per heavy atom. The summed E-state index contributed by atoms with van der Waals surface area (Å²) in [6.45, 7) is 6.00. The molecule has 7 nitrogen and oxygen atoms in total. The van der Waals surface area contributed by atoms with Crippen molar-refractivity contribution in [3.8, 4) is 0 Å². The summed E-state index contributed by atoms with van der Waals surface area (Å²) in [4.78, 5) is 22.8. The molecule has 156 valence electrons. The van der Waals surface area contributed by atoms with Gasteiger partial charge in [-0.2, -0.15) is 0 Å². The number of rotatable bonds is 8. The topological polar surface area (TPSA) is 95.6 Å². The zero-order valence-corrected chi connectivity index (χ0v) is 17.3. The summed E-state index contributed by atoms with van der Waals surface area (Å²) in [7, 11) is 0. The molecule has 0 saturated heterocycles. The average molecular weight is 398 g/mol. The second-order valence-corrected chi connectivity index (χ2v) is 7.87. The third-order valence-corrected chi connectivity index (χ3v) is 5.60. The van der Waals surface area contributed by atoms with Crippen molar-refractivity contribution in [2.45, 2.75) is 58.5 Å². The van der Waals surface area contributed by atoms with Gasteiger partial charge in [0.2, 0.25) is 0 Å². The summed E-state index contributed by atoms with van der Waals surface area (Å²) < 4.78 is 0. The Morgan fingerprint density at radius 1 is 1.28 bits per heavy atom. The fraction of sp³-hybridized carbons (Fsp3) is 0.500. The number of aryl methyl sites for hydroxylation is 3. The number of unbranched alkanes of at least 4 members (excludes halogenated alkanes) is 1. The van der Waals surface area contributed by atoms with Crippen LogP contribution in [0.5, 0.6) is 0 Å². The van der Waals surface area contributed by atoms with E-state index in [1.165, 1.54) is 16.8 Å². The highest BCUT2D eigenvalue weighted by Crippen LogP contribution is 2.34. The van der Waals surface area contributed by atoms with Crippen LogP contribution in [-0.4, -0.2) is 44.3 Å². The van der Waals surface area contributed by atoms with Crippen molar-refractivity contribution in [2.24, 2.45) is 5.73 Å². The monoisotopic (exact) mass is 397 g/mol. The Kier molecular flexibility index (Phi) is 7.17. The lowest BCUT2D eigenvalue weighted by atomic mass is 9.90. The number of carbonyl (C=O) groups is 1. The summed E-state index contributed by atoms with van der Waals surface area (Å²) in [6, 6.07) is 5.80. The Bertz CT molecular complexity index is 842. The minimum atomic E-state index is -0.813. The number of hydroxylamine groups is 2. The van der Waals surface area contributed by atoms with Crippen molar-refractivity contribution >= 4 is 6.03 Å². The third-order valence-electron chi connectivity index (χ3n) is 5.60. The van der Waals surface area contributed by atoms with E-state index in [9.17, 15) is 10.0 Å². The van der Waals surface area contributed by atoms with Crippen LogP contribution in [0.4, 0.5) is 4.79 Å². The van der Waals surface area contributed by atoms with Crippen LogP contribution in [-0.2, 0) is 13.0 Å². The highest BCUT2D eigenvalue weighted by Gasteiger charge is 2.27. The van der Waals surface area contributed by atoms with E-state index in [2.05, 4.69) is 35.9 Å². The number of amides is 2. The Morgan fingerprint density at radius 3 is 2.83 bits per heavy atom. The molecule has 0 fully saturated rings. The second kappa shape index (κ2) is 9.80. The number of nitrogens with two attached hydrogens (primary N) is 1. The molecule has 7 heteroatoms. The van der Waals surface area contributed by atoms with Gasteiger partial charge in [0, 0.05) is 18.9 Å². The summed E-state index contributed by atoms with van der Waals surface area (Å²) >= 11 is 0. The Balaban J connectivity index is 1.75. The van der Waals surface area contributed by atoms with Gasteiger partial charge in [0.1, 0.15) is 0 Å². The molecule has 2 amide bonds. The normalized spacial score (nSPS) is 15.9. The molecule has 3 rings (SSSR count). The van der Waals surface area contributed by atoms with Crippen LogP contribution in [0, 0.1) is 13.8 Å². The first-order chi connectivity index (χ1) is 14.0. The molecular weight excluding hydrogens is 366 g/mol. The van der Waals surface area contributed by atoms with E-state index in [0.717, 1.165) is 50.0 Å². The number of aromatic nitrogens is 2. The molecule has 3 N–H and O–H groups in total. The van der Waals surface area contributed by atoms with E-state index in [1.807, 2.05) is 18.5 Å². The van der Waals surface area contributed by atoms with Crippen LogP contribution in [0.3, 0.4) is 0 Å². The molecule has 0 aliphatic heterocycles. The van der Waals surface area contributed by atoms with Gasteiger partial charge in [-0.1, -0.05) is 12.1 Å². The maximum Gasteiger partial charge on any atom is 0.338 e. The van der Waals surface area contributed by atoms with E-state index < -0.39 is 6.03 Å². The van der Waals surface area contributed by atoms with Gasteiger partial charge in [-0.25, -0.2) is 9.86 Å². The van der Waals surface area contributed by atoms with Crippen molar-refractivity contribution in [1.82, 2.24) is 19.9 Å². The summed E-state index contributed by atoms with van der Waals surface area (Å²) in [6.07, 6.45) is 8.61. The molecule has 1 unspecified atom stereocenters. The van der Waals surface area contributed by atoms with Gasteiger partial charge in [0.05, 0.1) is 24.0 Å². The molecule has 2 aromatic heterocycles. The minimum Gasteiger partial charge on any atom is -0.350 e. The smallest absolute Gasteiger partial charge is 0.338 e. The molecule has 1 aliphatic rings. The number of primary amides is 1. The van der Waals surface area contributed by atoms with Gasteiger partial charge in [-0.05, 0) is 75.3 Å². The summed E-state index contributed by atoms with van der Waals surface area (Å²) in [5.41, 5.74) is 11.0. The van der Waals surface area contributed by atoms with Crippen molar-refractivity contribution in [3.05, 3.63) is 58.7 Å². The molecule has 1 atom stereocenters. The Hall–Kier alpha value is -2.51. The van der Waals surface area contributed by atoms with Crippen LogP contribution in [0.2, 0.25) is 0 Å². The van der Waals surface area contributed by atoms with Crippen molar-refractivity contribution in [2.75, 3.05) is 13.1 Å². The van der Waals surface area contributed by atoms with E-state index in [1.54, 1.807) is 0 Å². The number of pyridine rings is 2. The number of hydrogen-bond acceptors (Lipinski definition) is 5. The molecule has 2 aromatic rings. The predicted octanol–water partition coefficient (Wildman–Crippen LogP) is 3.52.